The minimum absolute atomic E-state index is 0.0262. The number of unbranched alkanes of at least 4 members (excludes halogenated alkanes) is 2. The second kappa shape index (κ2) is 7.73. The van der Waals surface area contributed by atoms with Gasteiger partial charge in [-0.3, -0.25) is 4.79 Å². The molecule has 2 N–H and O–H groups in total. The molecule has 0 fully saturated rings. The average Bonchev–Trinajstić information content (AvgIpc) is 3.09. The third kappa shape index (κ3) is 3.79. The highest BCUT2D eigenvalue weighted by atomic mass is 16.1. The van der Waals surface area contributed by atoms with Crippen molar-refractivity contribution in [3.05, 3.63) is 59.7 Å². The smallest absolute Gasteiger partial charge is 0.251 e. The zero-order valence-corrected chi connectivity index (χ0v) is 13.8. The lowest BCUT2D eigenvalue weighted by Crippen LogP contribution is -2.28. The standard InChI is InChI=1S/C19H22N4O/c1-2-3-5-10-16(14-8-6-4-7-9-14)20-19(24)15-11-12-17-18(13-15)22-23-21-17/h4,6-9,11-13,16H,2-3,5,10H2,1H3,(H,20,24)(H,21,22,23). The predicted octanol–water partition coefficient (Wildman–Crippen LogP) is 4.01. The first-order valence-electron chi connectivity index (χ1n) is 8.44. The molecule has 0 aliphatic rings. The molecular weight excluding hydrogens is 300 g/mol. The Morgan fingerprint density at radius 1 is 1.08 bits per heavy atom. The molecular formula is C19H22N4O. The van der Waals surface area contributed by atoms with Gasteiger partial charge in [-0.15, -0.1) is 0 Å². The van der Waals surface area contributed by atoms with Crippen LogP contribution in [0.3, 0.4) is 0 Å². The summed E-state index contributed by atoms with van der Waals surface area (Å²) in [7, 11) is 0. The molecule has 0 radical (unpaired) electrons. The van der Waals surface area contributed by atoms with Crippen LogP contribution in [0, 0.1) is 0 Å². The van der Waals surface area contributed by atoms with Gasteiger partial charge in [0.2, 0.25) is 0 Å². The van der Waals surface area contributed by atoms with Gasteiger partial charge in [0.15, 0.2) is 0 Å². The molecule has 5 nitrogen and oxygen atoms in total. The third-order valence-electron chi connectivity index (χ3n) is 4.18. The van der Waals surface area contributed by atoms with E-state index in [1.165, 1.54) is 6.42 Å². The number of carbonyl (C=O) groups is 1. The molecule has 1 amide bonds. The van der Waals surface area contributed by atoms with Crippen LogP contribution in [0.15, 0.2) is 48.5 Å². The van der Waals surface area contributed by atoms with Crippen molar-refractivity contribution < 1.29 is 4.79 Å². The van der Waals surface area contributed by atoms with Gasteiger partial charge < -0.3 is 5.32 Å². The Morgan fingerprint density at radius 2 is 1.88 bits per heavy atom. The Kier molecular flexibility index (Phi) is 5.21. The largest absolute Gasteiger partial charge is 0.345 e. The van der Waals surface area contributed by atoms with Crippen LogP contribution in [-0.4, -0.2) is 21.3 Å². The highest BCUT2D eigenvalue weighted by Crippen LogP contribution is 2.21. The van der Waals surface area contributed by atoms with Crippen LogP contribution in [0.1, 0.15) is 54.6 Å². The van der Waals surface area contributed by atoms with Crippen molar-refractivity contribution in [1.82, 2.24) is 20.7 Å². The van der Waals surface area contributed by atoms with Crippen LogP contribution in [-0.2, 0) is 0 Å². The molecule has 3 rings (SSSR count). The number of hydrogen-bond donors (Lipinski definition) is 2. The summed E-state index contributed by atoms with van der Waals surface area (Å²) in [5.41, 5.74) is 3.20. The van der Waals surface area contributed by atoms with Crippen LogP contribution < -0.4 is 5.32 Å². The van der Waals surface area contributed by atoms with Crippen molar-refractivity contribution in [3.63, 3.8) is 0 Å². The van der Waals surface area contributed by atoms with Crippen LogP contribution in [0.25, 0.3) is 11.0 Å². The van der Waals surface area contributed by atoms with Crippen molar-refractivity contribution in [2.24, 2.45) is 0 Å². The monoisotopic (exact) mass is 322 g/mol. The van der Waals surface area contributed by atoms with Gasteiger partial charge in [0.1, 0.15) is 11.0 Å². The predicted molar refractivity (Wildman–Crippen MR) is 94.7 cm³/mol. The number of carbonyl (C=O) groups excluding carboxylic acids is 1. The zero-order valence-electron chi connectivity index (χ0n) is 13.8. The highest BCUT2D eigenvalue weighted by molar-refractivity contribution is 5.97. The minimum atomic E-state index is -0.0785. The van der Waals surface area contributed by atoms with Crippen molar-refractivity contribution >= 4 is 16.9 Å². The molecule has 3 aromatic rings. The molecule has 0 saturated heterocycles. The van der Waals surface area contributed by atoms with Gasteiger partial charge in [0.25, 0.3) is 5.91 Å². The molecule has 124 valence electrons. The number of benzene rings is 2. The Hall–Kier alpha value is -2.69. The van der Waals surface area contributed by atoms with E-state index in [-0.39, 0.29) is 11.9 Å². The van der Waals surface area contributed by atoms with Crippen LogP contribution in [0.4, 0.5) is 0 Å². The second-order valence-electron chi connectivity index (χ2n) is 5.96. The fourth-order valence-electron chi connectivity index (χ4n) is 2.83. The lowest BCUT2D eigenvalue weighted by atomic mass is 10.00. The maximum Gasteiger partial charge on any atom is 0.251 e. The fraction of sp³-hybridized carbons (Fsp3) is 0.316. The second-order valence-corrected chi connectivity index (χ2v) is 5.96. The molecule has 0 aliphatic carbocycles. The summed E-state index contributed by atoms with van der Waals surface area (Å²) in [6.45, 7) is 2.18. The first-order valence-corrected chi connectivity index (χ1v) is 8.44. The maximum absolute atomic E-state index is 12.7. The fourth-order valence-corrected chi connectivity index (χ4v) is 2.83. The number of aromatic amines is 1. The van der Waals surface area contributed by atoms with E-state index in [2.05, 4.69) is 39.8 Å². The lowest BCUT2D eigenvalue weighted by molar-refractivity contribution is 0.0934. The van der Waals surface area contributed by atoms with E-state index in [4.69, 9.17) is 0 Å². The van der Waals surface area contributed by atoms with Gasteiger partial charge in [0.05, 0.1) is 6.04 Å². The first-order chi connectivity index (χ1) is 11.8. The third-order valence-corrected chi connectivity index (χ3v) is 4.18. The van der Waals surface area contributed by atoms with Gasteiger partial charge >= 0.3 is 0 Å². The number of aromatic nitrogens is 3. The molecule has 1 unspecified atom stereocenters. The summed E-state index contributed by atoms with van der Waals surface area (Å²) in [6, 6.07) is 15.5. The van der Waals surface area contributed by atoms with Crippen molar-refractivity contribution in [1.29, 1.82) is 0 Å². The topological polar surface area (TPSA) is 70.7 Å². The molecule has 0 bridgehead atoms. The molecule has 1 aromatic heterocycles. The summed E-state index contributed by atoms with van der Waals surface area (Å²) in [5, 5.41) is 13.8. The molecule has 24 heavy (non-hydrogen) atoms. The summed E-state index contributed by atoms with van der Waals surface area (Å²) in [4.78, 5) is 12.7. The lowest BCUT2D eigenvalue weighted by Gasteiger charge is -2.19. The Balaban J connectivity index is 1.76. The van der Waals surface area contributed by atoms with Crippen LogP contribution in [0.2, 0.25) is 0 Å². The minimum Gasteiger partial charge on any atom is -0.345 e. The molecule has 1 atom stereocenters. The summed E-state index contributed by atoms with van der Waals surface area (Å²) >= 11 is 0. The van der Waals surface area contributed by atoms with E-state index in [0.29, 0.717) is 11.1 Å². The van der Waals surface area contributed by atoms with Crippen LogP contribution >= 0.6 is 0 Å². The number of H-pyrrole nitrogens is 1. The quantitative estimate of drug-likeness (QED) is 0.646. The number of nitrogens with zero attached hydrogens (tertiary/aromatic N) is 2. The molecule has 5 heteroatoms. The SMILES string of the molecule is CCCCCC(NC(=O)c1ccc2n[nH]nc2c1)c1ccccc1. The number of amides is 1. The molecule has 0 saturated carbocycles. The maximum atomic E-state index is 12.7. The van der Waals surface area contributed by atoms with Gasteiger partial charge in [-0.25, -0.2) is 0 Å². The van der Waals surface area contributed by atoms with E-state index in [0.717, 1.165) is 30.3 Å². The van der Waals surface area contributed by atoms with E-state index in [1.807, 2.05) is 24.3 Å². The number of fused-ring (bicyclic) bond motifs is 1. The number of rotatable bonds is 7. The number of hydrogen-bond acceptors (Lipinski definition) is 3. The molecule has 1 heterocycles. The summed E-state index contributed by atoms with van der Waals surface area (Å²) in [5.74, 6) is -0.0785. The van der Waals surface area contributed by atoms with Gasteiger partial charge in [-0.1, -0.05) is 56.5 Å². The van der Waals surface area contributed by atoms with E-state index < -0.39 is 0 Å². The van der Waals surface area contributed by atoms with Gasteiger partial charge in [-0.05, 0) is 30.2 Å². The molecule has 0 spiro atoms. The van der Waals surface area contributed by atoms with Crippen molar-refractivity contribution in [2.45, 2.75) is 38.6 Å². The Bertz CT molecular complexity index is 797. The van der Waals surface area contributed by atoms with Crippen molar-refractivity contribution in [3.8, 4) is 0 Å². The van der Waals surface area contributed by atoms with Gasteiger partial charge in [0, 0.05) is 5.56 Å². The Morgan fingerprint density at radius 3 is 2.67 bits per heavy atom. The van der Waals surface area contributed by atoms with E-state index in [1.54, 1.807) is 12.1 Å². The van der Waals surface area contributed by atoms with E-state index in [9.17, 15) is 4.79 Å². The van der Waals surface area contributed by atoms with Crippen LogP contribution in [0.5, 0.6) is 0 Å². The normalized spacial score (nSPS) is 12.2. The summed E-state index contributed by atoms with van der Waals surface area (Å²) < 4.78 is 0. The molecule has 2 aromatic carbocycles. The van der Waals surface area contributed by atoms with Crippen molar-refractivity contribution in [2.75, 3.05) is 0 Å². The summed E-state index contributed by atoms with van der Waals surface area (Å²) in [6.07, 6.45) is 4.37. The van der Waals surface area contributed by atoms with E-state index >= 15 is 0 Å². The highest BCUT2D eigenvalue weighted by Gasteiger charge is 2.16. The number of nitrogens with one attached hydrogen (secondary N) is 2. The van der Waals surface area contributed by atoms with Gasteiger partial charge in [-0.2, -0.15) is 15.4 Å². The Labute approximate surface area is 141 Å². The molecule has 0 aliphatic heterocycles. The average molecular weight is 322 g/mol. The zero-order chi connectivity index (χ0) is 16.8. The first kappa shape index (κ1) is 16.2.